The minimum absolute atomic E-state index is 0.220. The number of aliphatic hydroxyl groups is 1. The molecule has 0 spiro atoms. The Labute approximate surface area is 111 Å². The second-order valence-corrected chi connectivity index (χ2v) is 5.86. The van der Waals surface area contributed by atoms with Crippen molar-refractivity contribution in [3.8, 4) is 0 Å². The number of rotatable bonds is 5. The molecule has 100 valence electrons. The number of hydrogen-bond acceptors (Lipinski definition) is 4. The van der Waals surface area contributed by atoms with E-state index in [1.807, 2.05) is 12.3 Å². The summed E-state index contributed by atoms with van der Waals surface area (Å²) in [7, 11) is 0. The topological polar surface area (TPSA) is 74.2 Å². The summed E-state index contributed by atoms with van der Waals surface area (Å²) in [5, 5.41) is 18.3. The number of nitrogens with zero attached hydrogens (tertiary/aromatic N) is 1. The molecule has 0 radical (unpaired) electrons. The van der Waals surface area contributed by atoms with Gasteiger partial charge in [0, 0.05) is 24.9 Å². The van der Waals surface area contributed by atoms with Gasteiger partial charge in [0.15, 0.2) is 0 Å². The van der Waals surface area contributed by atoms with E-state index in [9.17, 15) is 9.90 Å². The van der Waals surface area contributed by atoms with Crippen LogP contribution in [0.5, 0.6) is 0 Å². The van der Waals surface area contributed by atoms with Gasteiger partial charge in [0.05, 0.1) is 16.3 Å². The second kappa shape index (κ2) is 5.67. The van der Waals surface area contributed by atoms with Gasteiger partial charge in [0.1, 0.15) is 0 Å². The van der Waals surface area contributed by atoms with Crippen molar-refractivity contribution < 1.29 is 9.90 Å². The molecule has 1 aliphatic carbocycles. The van der Waals surface area contributed by atoms with E-state index in [4.69, 9.17) is 0 Å². The van der Waals surface area contributed by atoms with Crippen molar-refractivity contribution in [1.82, 2.24) is 15.6 Å². The molecule has 1 heterocycles. The molecule has 0 aliphatic heterocycles. The number of urea groups is 1. The Morgan fingerprint density at radius 1 is 1.56 bits per heavy atom. The van der Waals surface area contributed by atoms with Crippen LogP contribution in [0.25, 0.3) is 0 Å². The molecule has 6 heteroatoms. The fraction of sp³-hybridized carbons (Fsp3) is 0.667. The molecule has 18 heavy (non-hydrogen) atoms. The standard InChI is InChI=1S/C12H19N3O2S/c1-9-15-10(7-18-9)3-6-13-11(16)14-8-12(17)4-2-5-12/h7,17H,2-6,8H2,1H3,(H2,13,14,16). The van der Waals surface area contributed by atoms with Crippen LogP contribution in [0.1, 0.15) is 30.0 Å². The highest BCUT2D eigenvalue weighted by molar-refractivity contribution is 7.09. The van der Waals surface area contributed by atoms with Gasteiger partial charge in [-0.05, 0) is 26.2 Å². The van der Waals surface area contributed by atoms with Crippen LogP contribution in [0.2, 0.25) is 0 Å². The zero-order valence-electron chi connectivity index (χ0n) is 10.5. The molecule has 5 nitrogen and oxygen atoms in total. The first kappa shape index (κ1) is 13.3. The fourth-order valence-electron chi connectivity index (χ4n) is 1.90. The average Bonchev–Trinajstić information content (AvgIpc) is 2.70. The lowest BCUT2D eigenvalue weighted by Crippen LogP contribution is -2.50. The SMILES string of the molecule is Cc1nc(CCNC(=O)NCC2(O)CCC2)cs1. The number of nitrogens with one attached hydrogen (secondary N) is 2. The lowest BCUT2D eigenvalue weighted by atomic mass is 9.80. The van der Waals surface area contributed by atoms with Gasteiger partial charge < -0.3 is 15.7 Å². The van der Waals surface area contributed by atoms with Gasteiger partial charge in [0.25, 0.3) is 0 Å². The van der Waals surface area contributed by atoms with E-state index in [0.29, 0.717) is 13.1 Å². The number of thiazole rings is 1. The summed E-state index contributed by atoms with van der Waals surface area (Å²) in [6.45, 7) is 2.87. The monoisotopic (exact) mass is 269 g/mol. The van der Waals surface area contributed by atoms with E-state index in [1.165, 1.54) is 0 Å². The summed E-state index contributed by atoms with van der Waals surface area (Å²) in [6.07, 6.45) is 3.35. The third-order valence-corrected chi connectivity index (χ3v) is 4.02. The number of aryl methyl sites for hydroxylation is 1. The van der Waals surface area contributed by atoms with E-state index in [0.717, 1.165) is 36.4 Å². The summed E-state index contributed by atoms with van der Waals surface area (Å²) in [6, 6.07) is -0.220. The first-order valence-electron chi connectivity index (χ1n) is 6.22. The highest BCUT2D eigenvalue weighted by atomic mass is 32.1. The highest BCUT2D eigenvalue weighted by Gasteiger charge is 2.34. The van der Waals surface area contributed by atoms with Crippen molar-refractivity contribution in [3.05, 3.63) is 16.1 Å². The van der Waals surface area contributed by atoms with E-state index < -0.39 is 5.60 Å². The Hall–Kier alpha value is -1.14. The van der Waals surface area contributed by atoms with Crippen molar-refractivity contribution in [2.75, 3.05) is 13.1 Å². The van der Waals surface area contributed by atoms with Gasteiger partial charge in [-0.3, -0.25) is 0 Å². The fourth-order valence-corrected chi connectivity index (χ4v) is 2.54. The Balaban J connectivity index is 1.60. The van der Waals surface area contributed by atoms with Crippen molar-refractivity contribution in [3.63, 3.8) is 0 Å². The Bertz CT molecular complexity index is 415. The Morgan fingerprint density at radius 3 is 2.89 bits per heavy atom. The van der Waals surface area contributed by atoms with Crippen LogP contribution in [-0.4, -0.2) is 34.8 Å². The van der Waals surface area contributed by atoms with Gasteiger partial charge in [-0.1, -0.05) is 0 Å². The molecule has 0 aromatic carbocycles. The summed E-state index contributed by atoms with van der Waals surface area (Å²) in [5.41, 5.74) is 0.346. The van der Waals surface area contributed by atoms with Crippen molar-refractivity contribution in [2.24, 2.45) is 0 Å². The molecule has 0 saturated heterocycles. The summed E-state index contributed by atoms with van der Waals surface area (Å²) in [5.74, 6) is 0. The van der Waals surface area contributed by atoms with E-state index >= 15 is 0 Å². The molecule has 2 amide bonds. The summed E-state index contributed by atoms with van der Waals surface area (Å²) in [4.78, 5) is 15.8. The molecule has 0 unspecified atom stereocenters. The highest BCUT2D eigenvalue weighted by Crippen LogP contribution is 2.30. The van der Waals surface area contributed by atoms with Gasteiger partial charge >= 0.3 is 6.03 Å². The van der Waals surface area contributed by atoms with Crippen LogP contribution >= 0.6 is 11.3 Å². The Morgan fingerprint density at radius 2 is 2.33 bits per heavy atom. The lowest BCUT2D eigenvalue weighted by Gasteiger charge is -2.36. The van der Waals surface area contributed by atoms with Crippen molar-refractivity contribution in [2.45, 2.75) is 38.2 Å². The third-order valence-electron chi connectivity index (χ3n) is 3.20. The van der Waals surface area contributed by atoms with Crippen LogP contribution in [-0.2, 0) is 6.42 Å². The summed E-state index contributed by atoms with van der Waals surface area (Å²) >= 11 is 1.61. The number of hydrogen-bond donors (Lipinski definition) is 3. The smallest absolute Gasteiger partial charge is 0.314 e. The Kier molecular flexibility index (Phi) is 4.19. The molecule has 1 aromatic heterocycles. The maximum atomic E-state index is 11.5. The van der Waals surface area contributed by atoms with Crippen LogP contribution in [0.4, 0.5) is 4.79 Å². The van der Waals surface area contributed by atoms with Crippen LogP contribution < -0.4 is 10.6 Å². The van der Waals surface area contributed by atoms with Crippen LogP contribution in [0.3, 0.4) is 0 Å². The molecular formula is C12H19N3O2S. The van der Waals surface area contributed by atoms with Crippen molar-refractivity contribution in [1.29, 1.82) is 0 Å². The lowest BCUT2D eigenvalue weighted by molar-refractivity contribution is -0.0290. The number of carbonyl (C=O) groups is 1. The maximum Gasteiger partial charge on any atom is 0.314 e. The number of amides is 2. The molecule has 2 rings (SSSR count). The normalized spacial score (nSPS) is 17.0. The predicted octanol–water partition coefficient (Wildman–Crippen LogP) is 1.21. The van der Waals surface area contributed by atoms with Crippen molar-refractivity contribution >= 4 is 17.4 Å². The van der Waals surface area contributed by atoms with Gasteiger partial charge in [-0.2, -0.15) is 0 Å². The minimum Gasteiger partial charge on any atom is -0.388 e. The molecule has 0 atom stereocenters. The number of carbonyl (C=O) groups excluding carboxylic acids is 1. The first-order valence-corrected chi connectivity index (χ1v) is 7.10. The largest absolute Gasteiger partial charge is 0.388 e. The predicted molar refractivity (Wildman–Crippen MR) is 70.8 cm³/mol. The molecular weight excluding hydrogens is 250 g/mol. The third kappa shape index (κ3) is 3.68. The summed E-state index contributed by atoms with van der Waals surface area (Å²) < 4.78 is 0. The molecule has 1 saturated carbocycles. The first-order chi connectivity index (χ1) is 8.57. The average molecular weight is 269 g/mol. The number of aromatic nitrogens is 1. The molecule has 1 fully saturated rings. The quantitative estimate of drug-likeness (QED) is 0.752. The van der Waals surface area contributed by atoms with Gasteiger partial charge in [-0.25, -0.2) is 9.78 Å². The minimum atomic E-state index is -0.663. The van der Waals surface area contributed by atoms with Gasteiger partial charge in [0.2, 0.25) is 0 Å². The molecule has 1 aliphatic rings. The molecule has 3 N–H and O–H groups in total. The zero-order chi connectivity index (χ0) is 13.0. The van der Waals surface area contributed by atoms with Crippen LogP contribution in [0, 0.1) is 6.92 Å². The zero-order valence-corrected chi connectivity index (χ0v) is 11.3. The van der Waals surface area contributed by atoms with E-state index in [2.05, 4.69) is 15.6 Å². The molecule has 0 bridgehead atoms. The molecule has 1 aromatic rings. The maximum absolute atomic E-state index is 11.5. The van der Waals surface area contributed by atoms with Crippen LogP contribution in [0.15, 0.2) is 5.38 Å². The second-order valence-electron chi connectivity index (χ2n) is 4.80. The van der Waals surface area contributed by atoms with E-state index in [1.54, 1.807) is 11.3 Å². The van der Waals surface area contributed by atoms with Gasteiger partial charge in [-0.15, -0.1) is 11.3 Å². The van der Waals surface area contributed by atoms with E-state index in [-0.39, 0.29) is 6.03 Å².